The number of sulfonamides is 1. The fourth-order valence-electron chi connectivity index (χ4n) is 4.54. The smallest absolute Gasteiger partial charge is 0.254 e. The minimum atomic E-state index is -3.56. The van der Waals surface area contributed by atoms with Crippen LogP contribution in [-0.4, -0.2) is 42.7 Å². The Morgan fingerprint density at radius 3 is 2.30 bits per heavy atom. The van der Waals surface area contributed by atoms with Crippen molar-refractivity contribution in [2.75, 3.05) is 13.1 Å². The Bertz CT molecular complexity index is 1010. The Labute approximate surface area is 177 Å². The SMILES string of the molecule is C[C@@H]1CCCCN1S(=O)(=O)c1ccc(C(=O)N2CCC[C@H]2c2ccc(F)cc2)cc1. The van der Waals surface area contributed by atoms with Crippen LogP contribution < -0.4 is 0 Å². The van der Waals surface area contributed by atoms with E-state index in [0.29, 0.717) is 18.7 Å². The van der Waals surface area contributed by atoms with E-state index in [4.69, 9.17) is 0 Å². The average molecular weight is 431 g/mol. The maximum Gasteiger partial charge on any atom is 0.254 e. The van der Waals surface area contributed by atoms with E-state index in [-0.39, 0.29) is 28.7 Å². The van der Waals surface area contributed by atoms with E-state index in [2.05, 4.69) is 0 Å². The van der Waals surface area contributed by atoms with Gasteiger partial charge in [-0.25, -0.2) is 12.8 Å². The van der Waals surface area contributed by atoms with Crippen LogP contribution >= 0.6 is 0 Å². The summed E-state index contributed by atoms with van der Waals surface area (Å²) in [6.07, 6.45) is 4.50. The average Bonchev–Trinajstić information content (AvgIpc) is 3.24. The van der Waals surface area contributed by atoms with Gasteiger partial charge in [-0.05, 0) is 74.6 Å². The molecule has 2 aliphatic rings. The molecule has 0 N–H and O–H groups in total. The number of benzene rings is 2. The maximum atomic E-state index is 13.3. The minimum absolute atomic E-state index is 0.00822. The molecule has 2 aliphatic heterocycles. The molecular weight excluding hydrogens is 403 g/mol. The van der Waals surface area contributed by atoms with Crippen LogP contribution in [-0.2, 0) is 10.0 Å². The highest BCUT2D eigenvalue weighted by molar-refractivity contribution is 7.89. The first-order chi connectivity index (χ1) is 14.4. The molecule has 1 amide bonds. The summed E-state index contributed by atoms with van der Waals surface area (Å²) >= 11 is 0. The predicted octanol–water partition coefficient (Wildman–Crippen LogP) is 4.37. The van der Waals surface area contributed by atoms with E-state index in [1.807, 2.05) is 6.92 Å². The number of rotatable bonds is 4. The lowest BCUT2D eigenvalue weighted by molar-refractivity contribution is 0.0735. The highest BCUT2D eigenvalue weighted by Gasteiger charge is 2.33. The van der Waals surface area contributed by atoms with Gasteiger partial charge in [0.05, 0.1) is 10.9 Å². The molecule has 0 radical (unpaired) electrons. The molecule has 2 aromatic rings. The largest absolute Gasteiger partial charge is 0.332 e. The van der Waals surface area contributed by atoms with Crippen molar-refractivity contribution < 1.29 is 17.6 Å². The van der Waals surface area contributed by atoms with Gasteiger partial charge in [0.25, 0.3) is 5.91 Å². The molecule has 2 aromatic carbocycles. The van der Waals surface area contributed by atoms with Crippen LogP contribution in [0, 0.1) is 5.82 Å². The topological polar surface area (TPSA) is 57.7 Å². The first kappa shape index (κ1) is 21.0. The number of piperidine rings is 1. The zero-order valence-corrected chi connectivity index (χ0v) is 17.9. The van der Waals surface area contributed by atoms with Gasteiger partial charge >= 0.3 is 0 Å². The molecular formula is C23H27FN2O3S. The molecule has 2 saturated heterocycles. The van der Waals surface area contributed by atoms with Crippen molar-refractivity contribution in [1.29, 1.82) is 0 Å². The zero-order chi connectivity index (χ0) is 21.3. The maximum absolute atomic E-state index is 13.3. The van der Waals surface area contributed by atoms with E-state index in [0.717, 1.165) is 37.7 Å². The molecule has 160 valence electrons. The molecule has 4 rings (SSSR count). The van der Waals surface area contributed by atoms with Gasteiger partial charge < -0.3 is 4.90 Å². The Morgan fingerprint density at radius 2 is 1.63 bits per heavy atom. The van der Waals surface area contributed by atoms with Crippen molar-refractivity contribution >= 4 is 15.9 Å². The van der Waals surface area contributed by atoms with Crippen molar-refractivity contribution in [1.82, 2.24) is 9.21 Å². The summed E-state index contributed by atoms with van der Waals surface area (Å²) in [5.74, 6) is -0.424. The molecule has 2 fully saturated rings. The summed E-state index contributed by atoms with van der Waals surface area (Å²) in [5, 5.41) is 0. The van der Waals surface area contributed by atoms with Crippen molar-refractivity contribution in [3.8, 4) is 0 Å². The van der Waals surface area contributed by atoms with Gasteiger partial charge in [0.15, 0.2) is 0 Å². The second-order valence-corrected chi connectivity index (χ2v) is 10.1. The van der Waals surface area contributed by atoms with Crippen LogP contribution in [0.3, 0.4) is 0 Å². The van der Waals surface area contributed by atoms with Crippen molar-refractivity contribution in [3.63, 3.8) is 0 Å². The second-order valence-electron chi connectivity index (χ2n) is 8.19. The number of carbonyl (C=O) groups is 1. The first-order valence-electron chi connectivity index (χ1n) is 10.6. The fourth-order valence-corrected chi connectivity index (χ4v) is 6.24. The Kier molecular flexibility index (Phi) is 5.93. The minimum Gasteiger partial charge on any atom is -0.332 e. The molecule has 7 heteroatoms. The van der Waals surface area contributed by atoms with Crippen LogP contribution in [0.1, 0.15) is 61.0 Å². The molecule has 30 heavy (non-hydrogen) atoms. The molecule has 0 unspecified atom stereocenters. The molecule has 0 saturated carbocycles. The molecule has 2 atom stereocenters. The van der Waals surface area contributed by atoms with Gasteiger partial charge in [-0.3, -0.25) is 4.79 Å². The number of hydrogen-bond acceptors (Lipinski definition) is 3. The lowest BCUT2D eigenvalue weighted by atomic mass is 10.0. The van der Waals surface area contributed by atoms with Gasteiger partial charge in [0.2, 0.25) is 10.0 Å². The van der Waals surface area contributed by atoms with Gasteiger partial charge in [-0.2, -0.15) is 4.31 Å². The van der Waals surface area contributed by atoms with Crippen molar-refractivity contribution in [2.24, 2.45) is 0 Å². The van der Waals surface area contributed by atoms with E-state index < -0.39 is 10.0 Å². The molecule has 2 heterocycles. The number of hydrogen-bond donors (Lipinski definition) is 0. The Morgan fingerprint density at radius 1 is 0.933 bits per heavy atom. The lowest BCUT2D eigenvalue weighted by Gasteiger charge is -2.32. The van der Waals surface area contributed by atoms with Crippen LogP contribution in [0.25, 0.3) is 0 Å². The van der Waals surface area contributed by atoms with Crippen LogP contribution in [0.2, 0.25) is 0 Å². The second kappa shape index (κ2) is 8.47. The zero-order valence-electron chi connectivity index (χ0n) is 17.1. The molecule has 5 nitrogen and oxygen atoms in total. The van der Waals surface area contributed by atoms with Gasteiger partial charge in [0.1, 0.15) is 5.82 Å². The number of carbonyl (C=O) groups excluding carboxylic acids is 1. The van der Waals surface area contributed by atoms with Gasteiger partial charge in [-0.1, -0.05) is 18.6 Å². The summed E-state index contributed by atoms with van der Waals surface area (Å²) < 4.78 is 40.8. The molecule has 0 aromatic heterocycles. The van der Waals surface area contributed by atoms with Gasteiger partial charge in [0, 0.05) is 24.7 Å². The van der Waals surface area contributed by atoms with Crippen LogP contribution in [0.4, 0.5) is 4.39 Å². The third kappa shape index (κ3) is 4.01. The molecule has 0 bridgehead atoms. The Hall–Kier alpha value is -2.25. The molecule has 0 spiro atoms. The van der Waals surface area contributed by atoms with E-state index >= 15 is 0 Å². The van der Waals surface area contributed by atoms with Crippen molar-refractivity contribution in [2.45, 2.75) is 56.0 Å². The highest BCUT2D eigenvalue weighted by Crippen LogP contribution is 2.33. The van der Waals surface area contributed by atoms with E-state index in [1.165, 1.54) is 24.3 Å². The van der Waals surface area contributed by atoms with Crippen LogP contribution in [0.5, 0.6) is 0 Å². The summed E-state index contributed by atoms with van der Waals surface area (Å²) in [4.78, 5) is 15.1. The molecule has 0 aliphatic carbocycles. The third-order valence-electron chi connectivity index (χ3n) is 6.22. The fraction of sp³-hybridized carbons (Fsp3) is 0.435. The number of nitrogens with zero attached hydrogens (tertiary/aromatic N) is 2. The normalized spacial score (nSPS) is 22.9. The summed E-state index contributed by atoms with van der Waals surface area (Å²) in [6.45, 7) is 3.11. The monoisotopic (exact) mass is 430 g/mol. The number of amides is 1. The first-order valence-corrected chi connectivity index (χ1v) is 12.0. The highest BCUT2D eigenvalue weighted by atomic mass is 32.2. The standard InChI is InChI=1S/C23H27FN2O3S/c1-17-5-2-3-16-26(17)30(28,29)21-13-9-19(10-14-21)23(27)25-15-4-6-22(25)18-7-11-20(24)12-8-18/h7-14,17,22H,2-6,15-16H2,1H3/t17-,22+/m1/s1. The van der Waals surface area contributed by atoms with Gasteiger partial charge in [-0.15, -0.1) is 0 Å². The summed E-state index contributed by atoms with van der Waals surface area (Å²) in [5.41, 5.74) is 1.38. The van der Waals surface area contributed by atoms with E-state index in [9.17, 15) is 17.6 Å². The van der Waals surface area contributed by atoms with Crippen LogP contribution in [0.15, 0.2) is 53.4 Å². The number of halogens is 1. The summed E-state index contributed by atoms with van der Waals surface area (Å²) in [7, 11) is -3.56. The predicted molar refractivity (Wildman–Crippen MR) is 113 cm³/mol. The lowest BCUT2D eigenvalue weighted by Crippen LogP contribution is -2.41. The Balaban J connectivity index is 1.53. The number of likely N-dealkylation sites (tertiary alicyclic amines) is 1. The van der Waals surface area contributed by atoms with Crippen molar-refractivity contribution in [3.05, 3.63) is 65.5 Å². The third-order valence-corrected chi connectivity index (χ3v) is 8.25. The van der Waals surface area contributed by atoms with E-state index in [1.54, 1.807) is 33.5 Å². The quantitative estimate of drug-likeness (QED) is 0.724. The summed E-state index contributed by atoms with van der Waals surface area (Å²) in [6, 6.07) is 12.5.